The van der Waals surface area contributed by atoms with Crippen LogP contribution in [0.1, 0.15) is 33.3 Å². The van der Waals surface area contributed by atoms with Gasteiger partial charge in [0.05, 0.1) is 41.5 Å². The molecular weight excluding hydrogens is 440 g/mol. The van der Waals surface area contributed by atoms with Crippen molar-refractivity contribution in [2.24, 2.45) is 14.1 Å². The van der Waals surface area contributed by atoms with Crippen LogP contribution in [0.25, 0.3) is 16.7 Å². The van der Waals surface area contributed by atoms with Crippen LogP contribution in [-0.2, 0) is 18.8 Å². The molecule has 0 aliphatic heterocycles. The number of hydrogen-bond acceptors (Lipinski definition) is 7. The van der Waals surface area contributed by atoms with Gasteiger partial charge in [0.25, 0.3) is 11.5 Å². The molecule has 1 aromatic carbocycles. The number of carbonyl (C=O) groups is 2. The van der Waals surface area contributed by atoms with Crippen molar-refractivity contribution < 1.29 is 14.3 Å². The van der Waals surface area contributed by atoms with E-state index in [9.17, 15) is 19.2 Å². The molecule has 0 unspecified atom stereocenters. The molecule has 0 spiro atoms. The van der Waals surface area contributed by atoms with Crippen molar-refractivity contribution in [3.63, 3.8) is 0 Å². The average Bonchev–Trinajstić information content (AvgIpc) is 3.22. The highest BCUT2D eigenvalue weighted by Gasteiger charge is 2.17. The Balaban J connectivity index is 1.57. The van der Waals surface area contributed by atoms with Gasteiger partial charge in [0.2, 0.25) is 0 Å². The van der Waals surface area contributed by atoms with Gasteiger partial charge in [0.15, 0.2) is 0 Å². The second kappa shape index (κ2) is 8.77. The smallest absolute Gasteiger partial charge is 0.341 e. The summed E-state index contributed by atoms with van der Waals surface area (Å²) in [6, 6.07) is 8.13. The summed E-state index contributed by atoms with van der Waals surface area (Å²) in [6.07, 6.45) is 2.83. The number of nitrogens with zero attached hydrogens (tertiary/aromatic N) is 5. The SMILES string of the molecule is CCOC(=O)c1cnn(-c2ccc(C(=O)Nc3cnc4c(c3)c(=O)n(C)c(=O)n4C)cc2)c1C. The molecule has 11 heteroatoms. The van der Waals surface area contributed by atoms with Crippen molar-refractivity contribution in [2.75, 3.05) is 11.9 Å². The third kappa shape index (κ3) is 3.87. The summed E-state index contributed by atoms with van der Waals surface area (Å²) in [7, 11) is 2.90. The summed E-state index contributed by atoms with van der Waals surface area (Å²) in [5, 5.41) is 7.17. The molecule has 0 aliphatic rings. The number of rotatable bonds is 5. The third-order valence-electron chi connectivity index (χ3n) is 5.43. The van der Waals surface area contributed by atoms with Gasteiger partial charge in [-0.3, -0.25) is 18.7 Å². The average molecular weight is 462 g/mol. The molecular formula is C23H22N6O5. The molecule has 0 bridgehead atoms. The number of carbonyl (C=O) groups excluding carboxylic acids is 2. The zero-order valence-corrected chi connectivity index (χ0v) is 19.0. The van der Waals surface area contributed by atoms with Crippen LogP contribution in [0.5, 0.6) is 0 Å². The minimum atomic E-state index is -0.497. The van der Waals surface area contributed by atoms with E-state index in [0.717, 1.165) is 4.57 Å². The number of aryl methyl sites for hydroxylation is 1. The number of amides is 1. The number of anilines is 1. The molecule has 4 rings (SSSR count). The van der Waals surface area contributed by atoms with E-state index in [4.69, 9.17) is 4.74 Å². The van der Waals surface area contributed by atoms with E-state index >= 15 is 0 Å². The van der Waals surface area contributed by atoms with Gasteiger partial charge in [-0.25, -0.2) is 19.3 Å². The van der Waals surface area contributed by atoms with E-state index < -0.39 is 23.1 Å². The maximum atomic E-state index is 12.7. The molecule has 0 aliphatic carbocycles. The standard InChI is InChI=1S/C23H22N6O5/c1-5-34-22(32)18-12-25-29(13(18)2)16-8-6-14(7-9-16)20(30)26-15-10-17-19(24-11-15)27(3)23(33)28(4)21(17)31/h6-12H,5H2,1-4H3,(H,26,30). The molecule has 3 heterocycles. The molecule has 34 heavy (non-hydrogen) atoms. The minimum Gasteiger partial charge on any atom is -0.462 e. The van der Waals surface area contributed by atoms with E-state index in [-0.39, 0.29) is 17.6 Å². The summed E-state index contributed by atoms with van der Waals surface area (Å²) >= 11 is 0. The number of esters is 1. The maximum absolute atomic E-state index is 12.7. The molecule has 4 aromatic rings. The van der Waals surface area contributed by atoms with Crippen molar-refractivity contribution >= 4 is 28.6 Å². The Labute approximate surface area is 193 Å². The van der Waals surface area contributed by atoms with Crippen LogP contribution >= 0.6 is 0 Å². The van der Waals surface area contributed by atoms with Crippen LogP contribution in [-0.4, -0.2) is 42.4 Å². The zero-order valence-electron chi connectivity index (χ0n) is 19.0. The molecule has 3 aromatic heterocycles. The lowest BCUT2D eigenvalue weighted by Crippen LogP contribution is -2.37. The summed E-state index contributed by atoms with van der Waals surface area (Å²) in [6.45, 7) is 3.76. The van der Waals surface area contributed by atoms with Crippen LogP contribution < -0.4 is 16.6 Å². The fourth-order valence-electron chi connectivity index (χ4n) is 3.57. The number of nitrogens with one attached hydrogen (secondary N) is 1. The first kappa shape index (κ1) is 22.6. The second-order valence-corrected chi connectivity index (χ2v) is 7.58. The molecule has 1 amide bonds. The Morgan fingerprint density at radius 2 is 1.76 bits per heavy atom. The van der Waals surface area contributed by atoms with Gasteiger partial charge >= 0.3 is 11.7 Å². The van der Waals surface area contributed by atoms with Gasteiger partial charge in [-0.1, -0.05) is 0 Å². The van der Waals surface area contributed by atoms with Gasteiger partial charge in [-0.15, -0.1) is 0 Å². The van der Waals surface area contributed by atoms with Crippen LogP contribution in [0.3, 0.4) is 0 Å². The van der Waals surface area contributed by atoms with Gasteiger partial charge in [0.1, 0.15) is 11.2 Å². The number of fused-ring (bicyclic) bond motifs is 1. The fraction of sp³-hybridized carbons (Fsp3) is 0.217. The number of hydrogen-bond donors (Lipinski definition) is 1. The molecule has 0 saturated heterocycles. The lowest BCUT2D eigenvalue weighted by molar-refractivity contribution is 0.0525. The normalized spacial score (nSPS) is 10.9. The van der Waals surface area contributed by atoms with Crippen molar-refractivity contribution in [3.05, 3.63) is 80.4 Å². The van der Waals surface area contributed by atoms with Crippen LogP contribution in [0.4, 0.5) is 5.69 Å². The molecule has 0 atom stereocenters. The van der Waals surface area contributed by atoms with Crippen LogP contribution in [0, 0.1) is 6.92 Å². The summed E-state index contributed by atoms with van der Waals surface area (Å²) in [5.74, 6) is -0.847. The van der Waals surface area contributed by atoms with E-state index in [2.05, 4.69) is 15.4 Å². The molecule has 0 saturated carbocycles. The predicted octanol–water partition coefficient (Wildman–Crippen LogP) is 1.56. The molecule has 0 radical (unpaired) electrons. The number of aromatic nitrogens is 5. The summed E-state index contributed by atoms with van der Waals surface area (Å²) in [4.78, 5) is 53.4. The Bertz CT molecular complexity index is 1550. The first-order valence-corrected chi connectivity index (χ1v) is 10.4. The zero-order chi connectivity index (χ0) is 24.6. The number of pyridine rings is 1. The van der Waals surface area contributed by atoms with E-state index in [1.165, 1.54) is 37.1 Å². The molecule has 1 N–H and O–H groups in total. The predicted molar refractivity (Wildman–Crippen MR) is 124 cm³/mol. The van der Waals surface area contributed by atoms with E-state index in [1.54, 1.807) is 42.8 Å². The number of benzene rings is 1. The highest BCUT2D eigenvalue weighted by atomic mass is 16.5. The van der Waals surface area contributed by atoms with Gasteiger partial charge < -0.3 is 10.1 Å². The number of ether oxygens (including phenoxy) is 1. The first-order valence-electron chi connectivity index (χ1n) is 10.4. The lowest BCUT2D eigenvalue weighted by atomic mass is 10.2. The monoisotopic (exact) mass is 462 g/mol. The van der Waals surface area contributed by atoms with Crippen molar-refractivity contribution in [3.8, 4) is 5.69 Å². The molecule has 11 nitrogen and oxygen atoms in total. The maximum Gasteiger partial charge on any atom is 0.341 e. The Morgan fingerprint density at radius 3 is 2.44 bits per heavy atom. The van der Waals surface area contributed by atoms with E-state index in [0.29, 0.717) is 28.2 Å². The quantitative estimate of drug-likeness (QED) is 0.445. The van der Waals surface area contributed by atoms with Gasteiger partial charge in [-0.05, 0) is 44.2 Å². The topological polar surface area (TPSA) is 130 Å². The summed E-state index contributed by atoms with van der Waals surface area (Å²) in [5.41, 5.74) is 1.59. The van der Waals surface area contributed by atoms with Crippen molar-refractivity contribution in [1.29, 1.82) is 0 Å². The highest BCUT2D eigenvalue weighted by Crippen LogP contribution is 2.17. The lowest BCUT2D eigenvalue weighted by Gasteiger charge is -2.10. The highest BCUT2D eigenvalue weighted by molar-refractivity contribution is 6.04. The Kier molecular flexibility index (Phi) is 5.84. The molecule has 0 fully saturated rings. The molecule has 174 valence electrons. The minimum absolute atomic E-state index is 0.212. The van der Waals surface area contributed by atoms with Crippen molar-refractivity contribution in [1.82, 2.24) is 23.9 Å². The Hall–Kier alpha value is -4.54. The largest absolute Gasteiger partial charge is 0.462 e. The van der Waals surface area contributed by atoms with Crippen molar-refractivity contribution in [2.45, 2.75) is 13.8 Å². The Morgan fingerprint density at radius 1 is 1.06 bits per heavy atom. The van der Waals surface area contributed by atoms with Crippen LogP contribution in [0.15, 0.2) is 52.3 Å². The first-order chi connectivity index (χ1) is 16.2. The summed E-state index contributed by atoms with van der Waals surface area (Å²) < 4.78 is 8.87. The van der Waals surface area contributed by atoms with Crippen LogP contribution in [0.2, 0.25) is 0 Å². The van der Waals surface area contributed by atoms with E-state index in [1.807, 2.05) is 0 Å². The second-order valence-electron chi connectivity index (χ2n) is 7.58. The van der Waals surface area contributed by atoms with Gasteiger partial charge in [-0.2, -0.15) is 5.10 Å². The van der Waals surface area contributed by atoms with Gasteiger partial charge in [0, 0.05) is 19.7 Å². The third-order valence-corrected chi connectivity index (χ3v) is 5.43. The fourth-order valence-corrected chi connectivity index (χ4v) is 3.57.